The van der Waals surface area contributed by atoms with Crippen molar-refractivity contribution in [2.24, 2.45) is 0 Å². The van der Waals surface area contributed by atoms with Crippen LogP contribution in [-0.2, 0) is 4.74 Å². The molecule has 4 nitrogen and oxygen atoms in total. The van der Waals surface area contributed by atoms with Gasteiger partial charge in [-0.3, -0.25) is 4.90 Å². The molecule has 0 radical (unpaired) electrons. The van der Waals surface area contributed by atoms with Crippen LogP contribution in [0.25, 0.3) is 0 Å². The van der Waals surface area contributed by atoms with Gasteiger partial charge in [0.05, 0.1) is 0 Å². The molecule has 1 saturated carbocycles. The van der Waals surface area contributed by atoms with E-state index < -0.39 is 5.60 Å². The maximum absolute atomic E-state index is 12.4. The molecule has 1 fully saturated rings. The van der Waals surface area contributed by atoms with Crippen molar-refractivity contribution in [1.82, 2.24) is 0 Å². The van der Waals surface area contributed by atoms with Crippen LogP contribution in [-0.4, -0.2) is 17.7 Å². The van der Waals surface area contributed by atoms with Gasteiger partial charge in [-0.15, -0.1) is 0 Å². The first-order valence-corrected chi connectivity index (χ1v) is 6.74. The van der Waals surface area contributed by atoms with Gasteiger partial charge in [0.1, 0.15) is 5.60 Å². The number of hydrogen-bond donors (Lipinski definition) is 1. The minimum atomic E-state index is -0.487. The predicted molar refractivity (Wildman–Crippen MR) is 77.2 cm³/mol. The molecule has 2 rings (SSSR count). The number of carbonyl (C=O) groups excluding carboxylic acids is 1. The van der Waals surface area contributed by atoms with Gasteiger partial charge in [0.25, 0.3) is 0 Å². The normalized spacial score (nSPS) is 15.7. The summed E-state index contributed by atoms with van der Waals surface area (Å²) in [6, 6.07) is 7.63. The molecule has 4 heteroatoms. The lowest BCUT2D eigenvalue weighted by molar-refractivity contribution is 0.0549. The Kier molecular flexibility index (Phi) is 3.69. The highest BCUT2D eigenvalue weighted by Crippen LogP contribution is 2.31. The minimum absolute atomic E-state index is 0.233. The van der Waals surface area contributed by atoms with E-state index in [-0.39, 0.29) is 12.1 Å². The molecule has 0 bridgehead atoms. The van der Waals surface area contributed by atoms with Crippen molar-refractivity contribution >= 4 is 17.5 Å². The van der Waals surface area contributed by atoms with E-state index in [0.29, 0.717) is 5.69 Å². The minimum Gasteiger partial charge on any atom is -0.443 e. The number of hydrogen-bond acceptors (Lipinski definition) is 3. The zero-order valence-electron chi connectivity index (χ0n) is 11.8. The molecule has 1 aliphatic carbocycles. The van der Waals surface area contributed by atoms with Crippen LogP contribution < -0.4 is 10.6 Å². The number of nitrogens with two attached hydrogens (primary N) is 1. The lowest BCUT2D eigenvalue weighted by atomic mass is 9.91. The van der Waals surface area contributed by atoms with E-state index in [0.717, 1.165) is 24.9 Å². The van der Waals surface area contributed by atoms with Gasteiger partial charge in [-0.2, -0.15) is 0 Å². The third-order valence-electron chi connectivity index (χ3n) is 3.18. The van der Waals surface area contributed by atoms with E-state index in [4.69, 9.17) is 10.5 Å². The summed E-state index contributed by atoms with van der Waals surface area (Å²) in [6.07, 6.45) is 2.91. The SMILES string of the molecule is CC(C)(C)OC(=O)N(c1cccc(N)c1)C1CCC1. The molecule has 1 aromatic rings. The van der Waals surface area contributed by atoms with E-state index in [9.17, 15) is 4.79 Å². The Morgan fingerprint density at radius 1 is 1.37 bits per heavy atom. The Bertz CT molecular complexity index is 461. The number of nitrogen functional groups attached to an aromatic ring is 1. The zero-order chi connectivity index (χ0) is 14.0. The Balaban J connectivity index is 2.23. The number of nitrogens with zero attached hydrogens (tertiary/aromatic N) is 1. The molecule has 1 aromatic carbocycles. The first-order valence-electron chi connectivity index (χ1n) is 6.74. The Labute approximate surface area is 114 Å². The number of amides is 1. The third kappa shape index (κ3) is 3.40. The van der Waals surface area contributed by atoms with Gasteiger partial charge in [0, 0.05) is 17.4 Å². The van der Waals surface area contributed by atoms with E-state index in [1.807, 2.05) is 45.0 Å². The van der Waals surface area contributed by atoms with Gasteiger partial charge >= 0.3 is 6.09 Å². The largest absolute Gasteiger partial charge is 0.443 e. The second kappa shape index (κ2) is 5.11. The van der Waals surface area contributed by atoms with Crippen LogP contribution in [0.15, 0.2) is 24.3 Å². The summed E-state index contributed by atoms with van der Waals surface area (Å²) in [4.78, 5) is 14.1. The van der Waals surface area contributed by atoms with E-state index >= 15 is 0 Å². The molecule has 0 heterocycles. The van der Waals surface area contributed by atoms with Gasteiger partial charge in [-0.25, -0.2) is 4.79 Å². The first-order chi connectivity index (χ1) is 8.87. The van der Waals surface area contributed by atoms with Crippen molar-refractivity contribution in [2.45, 2.75) is 51.7 Å². The fourth-order valence-electron chi connectivity index (χ4n) is 2.10. The molecule has 0 atom stereocenters. The van der Waals surface area contributed by atoms with Crippen molar-refractivity contribution < 1.29 is 9.53 Å². The van der Waals surface area contributed by atoms with Crippen molar-refractivity contribution in [3.8, 4) is 0 Å². The summed E-state index contributed by atoms with van der Waals surface area (Å²) in [7, 11) is 0. The number of anilines is 2. The molecule has 2 N–H and O–H groups in total. The second-order valence-electron chi connectivity index (χ2n) is 6.03. The van der Waals surface area contributed by atoms with Crippen LogP contribution in [0.3, 0.4) is 0 Å². The fourth-order valence-corrected chi connectivity index (χ4v) is 2.10. The molecule has 0 aliphatic heterocycles. The lowest BCUT2D eigenvalue weighted by Gasteiger charge is -2.38. The monoisotopic (exact) mass is 262 g/mol. The van der Waals surface area contributed by atoms with E-state index in [2.05, 4.69) is 0 Å². The summed E-state index contributed by atoms with van der Waals surface area (Å²) in [5, 5.41) is 0. The smallest absolute Gasteiger partial charge is 0.415 e. The van der Waals surface area contributed by atoms with Crippen molar-refractivity contribution in [3.63, 3.8) is 0 Å². The molecule has 0 aromatic heterocycles. The summed E-state index contributed by atoms with van der Waals surface area (Å²) < 4.78 is 5.50. The van der Waals surface area contributed by atoms with E-state index in [1.165, 1.54) is 0 Å². The Morgan fingerprint density at radius 2 is 2.05 bits per heavy atom. The number of carbonyl (C=O) groups is 1. The fraction of sp³-hybridized carbons (Fsp3) is 0.533. The molecule has 1 aliphatic rings. The summed E-state index contributed by atoms with van der Waals surface area (Å²) >= 11 is 0. The first kappa shape index (κ1) is 13.7. The summed E-state index contributed by atoms with van der Waals surface area (Å²) in [6.45, 7) is 5.63. The van der Waals surface area contributed by atoms with Crippen LogP contribution in [0, 0.1) is 0 Å². The van der Waals surface area contributed by atoms with Gasteiger partial charge in [-0.05, 0) is 58.2 Å². The topological polar surface area (TPSA) is 55.6 Å². The van der Waals surface area contributed by atoms with Gasteiger partial charge in [0.2, 0.25) is 0 Å². The average Bonchev–Trinajstić information content (AvgIpc) is 2.20. The summed E-state index contributed by atoms with van der Waals surface area (Å²) in [5.74, 6) is 0. The number of benzene rings is 1. The highest BCUT2D eigenvalue weighted by atomic mass is 16.6. The Hall–Kier alpha value is -1.71. The molecule has 0 unspecified atom stereocenters. The predicted octanol–water partition coefficient (Wildman–Crippen LogP) is 3.56. The van der Waals surface area contributed by atoms with Crippen LogP contribution in [0.5, 0.6) is 0 Å². The number of ether oxygens (including phenoxy) is 1. The Morgan fingerprint density at radius 3 is 2.53 bits per heavy atom. The van der Waals surface area contributed by atoms with Gasteiger partial charge in [-0.1, -0.05) is 6.07 Å². The van der Waals surface area contributed by atoms with Gasteiger partial charge in [0.15, 0.2) is 0 Å². The third-order valence-corrected chi connectivity index (χ3v) is 3.18. The second-order valence-corrected chi connectivity index (χ2v) is 6.03. The average molecular weight is 262 g/mol. The molecular weight excluding hydrogens is 240 g/mol. The van der Waals surface area contributed by atoms with Crippen LogP contribution in [0.2, 0.25) is 0 Å². The van der Waals surface area contributed by atoms with E-state index in [1.54, 1.807) is 4.90 Å². The standard InChI is InChI=1S/C15H22N2O2/c1-15(2,3)19-14(18)17(12-7-5-8-12)13-9-4-6-11(16)10-13/h4,6,9-10,12H,5,7-8,16H2,1-3H3. The highest BCUT2D eigenvalue weighted by Gasteiger charge is 2.33. The highest BCUT2D eigenvalue weighted by molar-refractivity contribution is 5.89. The molecule has 1 amide bonds. The van der Waals surface area contributed by atoms with Crippen molar-refractivity contribution in [1.29, 1.82) is 0 Å². The number of rotatable bonds is 2. The molecule has 19 heavy (non-hydrogen) atoms. The molecule has 104 valence electrons. The molecule has 0 saturated heterocycles. The molecular formula is C15H22N2O2. The van der Waals surface area contributed by atoms with Crippen molar-refractivity contribution in [3.05, 3.63) is 24.3 Å². The maximum Gasteiger partial charge on any atom is 0.415 e. The quantitative estimate of drug-likeness (QED) is 0.829. The molecule has 0 spiro atoms. The van der Waals surface area contributed by atoms with Crippen LogP contribution >= 0.6 is 0 Å². The maximum atomic E-state index is 12.4. The van der Waals surface area contributed by atoms with Crippen LogP contribution in [0.1, 0.15) is 40.0 Å². The van der Waals surface area contributed by atoms with Crippen molar-refractivity contribution in [2.75, 3.05) is 10.6 Å². The van der Waals surface area contributed by atoms with Gasteiger partial charge < -0.3 is 10.5 Å². The van der Waals surface area contributed by atoms with Crippen LogP contribution in [0.4, 0.5) is 16.2 Å². The zero-order valence-corrected chi connectivity index (χ0v) is 11.8. The summed E-state index contributed by atoms with van der Waals surface area (Å²) in [5.41, 5.74) is 6.79. The lowest BCUT2D eigenvalue weighted by Crippen LogP contribution is -2.46.